The van der Waals surface area contributed by atoms with Gasteiger partial charge in [0.2, 0.25) is 6.29 Å². The fourth-order valence-electron chi connectivity index (χ4n) is 15.1. The van der Waals surface area contributed by atoms with Crippen LogP contribution in [0.5, 0.6) is 11.5 Å². The normalized spacial score (nSPS) is 30.5. The number of benzene rings is 6. The van der Waals surface area contributed by atoms with Crippen LogP contribution in [0.25, 0.3) is 10.8 Å². The highest BCUT2D eigenvalue weighted by Crippen LogP contribution is 2.40. The first-order chi connectivity index (χ1) is 55.6. The third-order valence-corrected chi connectivity index (χ3v) is 24.4. The number of aryl methyl sites for hydroxylation is 1. The molecule has 116 heavy (non-hydrogen) atoms. The largest absolute Gasteiger partial charge is 0.468 e. The average molecular weight is 1650 g/mol. The third-order valence-electron chi connectivity index (χ3n) is 21.4. The summed E-state index contributed by atoms with van der Waals surface area (Å²) in [5.41, 5.74) is 1.97. The van der Waals surface area contributed by atoms with Gasteiger partial charge >= 0.3 is 17.9 Å². The van der Waals surface area contributed by atoms with Crippen LogP contribution in [-0.4, -0.2) is 200 Å². The molecule has 630 valence electrons. The van der Waals surface area contributed by atoms with Gasteiger partial charge in [-0.2, -0.15) is 8.42 Å². The second-order valence-corrected chi connectivity index (χ2v) is 39.2. The van der Waals surface area contributed by atoms with Crippen molar-refractivity contribution in [3.05, 3.63) is 184 Å². The highest BCUT2D eigenvalue weighted by molar-refractivity contribution is 7.86. The zero-order valence-corrected chi connectivity index (χ0v) is 69.1. The van der Waals surface area contributed by atoms with Gasteiger partial charge in [0, 0.05) is 71.8 Å². The molecule has 22 atom stereocenters. The topological polar surface area (TPSA) is 321 Å². The van der Waals surface area contributed by atoms with Crippen LogP contribution in [-0.2, 0) is 113 Å². The zero-order chi connectivity index (χ0) is 82.2. The number of Topliss-reactive ketones (excluding diaryl/α,β-unsaturated/α-hetero) is 1. The summed E-state index contributed by atoms with van der Waals surface area (Å²) in [4.78, 5) is 63.1. The maximum absolute atomic E-state index is 14.0. The Labute approximate surface area is 678 Å². The van der Waals surface area contributed by atoms with Gasteiger partial charge in [-0.1, -0.05) is 105 Å². The number of non-ortho nitro benzene ring substituents is 1. The first-order valence-electron chi connectivity index (χ1n) is 40.2. The van der Waals surface area contributed by atoms with E-state index in [0.717, 1.165) is 22.4 Å². The summed E-state index contributed by atoms with van der Waals surface area (Å²) in [5, 5.41) is 13.5. The van der Waals surface area contributed by atoms with Gasteiger partial charge in [-0.05, 0) is 150 Å². The molecule has 6 heterocycles. The van der Waals surface area contributed by atoms with Crippen molar-refractivity contribution in [2.24, 2.45) is 0 Å². The third kappa shape index (κ3) is 25.2. The molecule has 28 nitrogen and oxygen atoms in total. The number of rotatable bonds is 35. The second-order valence-electron chi connectivity index (χ2n) is 31.8. The Bertz CT molecular complexity index is 4290. The molecule has 6 aliphatic heterocycles. The maximum atomic E-state index is 14.0. The predicted molar refractivity (Wildman–Crippen MR) is 423 cm³/mol. The minimum absolute atomic E-state index is 0.0130. The van der Waals surface area contributed by atoms with Gasteiger partial charge in [-0.3, -0.25) is 19.1 Å². The van der Waals surface area contributed by atoms with Crippen molar-refractivity contribution in [1.82, 2.24) is 0 Å². The minimum atomic E-state index is -4.35. The molecule has 0 spiro atoms. The lowest BCUT2D eigenvalue weighted by atomic mass is 9.99. The van der Waals surface area contributed by atoms with Crippen molar-refractivity contribution in [3.8, 4) is 11.5 Å². The number of ether oxygens (including phenoxy) is 18. The standard InChI is InChI=1S/C86H109NO27SSi/c1-52(88)25-38-74(89)106-68-36-39-75(99-53(68)2)108-73-49-80(104-58(7)84(73)114-115(94,95)43-41-59-27-30-65(31-28-59)87(92)93)110-72-48-79(103-57(6)83(72)113-86(91)63-22-15-12-16-23-63)107-69-37-40-76(100-54(69)3)111-81-55(4)102-78(46-70(81)97-50-60-26-29-61-19-17-18-24-64(61)45-60)109-71-47-77(101-56(5)82(71)112-85(90)62-20-13-11-14-21-62)105-67-34-32-66(33-35-67)98-51-96-42-44-116(8,9)10/h11-24,26-35,45,53-58,68-73,75-84H,25,36-44,46-51H2,1-10H3/t53-,54-,55+,56+,57+,58+,68-,69-,70+,71+,72+,73+,75-,76-,77-,78-,79-,80-,81+,82+,83+,84+/m0/s1. The van der Waals surface area contributed by atoms with Gasteiger partial charge in [0.1, 0.15) is 47.8 Å². The zero-order valence-electron chi connectivity index (χ0n) is 67.3. The van der Waals surface area contributed by atoms with E-state index < -0.39 is 182 Å². The molecule has 0 amide bonds. The van der Waals surface area contributed by atoms with E-state index >= 15 is 0 Å². The van der Waals surface area contributed by atoms with Gasteiger partial charge in [0.25, 0.3) is 15.8 Å². The summed E-state index contributed by atoms with van der Waals surface area (Å²) < 4.78 is 151. The van der Waals surface area contributed by atoms with Crippen LogP contribution >= 0.6 is 0 Å². The van der Waals surface area contributed by atoms with E-state index in [1.165, 1.54) is 31.2 Å². The lowest BCUT2D eigenvalue weighted by Crippen LogP contribution is -2.57. The van der Waals surface area contributed by atoms with Crippen LogP contribution in [0.2, 0.25) is 25.7 Å². The first kappa shape index (κ1) is 87.6. The number of esters is 3. The Kier molecular flexibility index (Phi) is 30.8. The lowest BCUT2D eigenvalue weighted by molar-refractivity contribution is -0.384. The van der Waals surface area contributed by atoms with Crippen molar-refractivity contribution in [2.75, 3.05) is 19.2 Å². The van der Waals surface area contributed by atoms with Crippen LogP contribution in [0.3, 0.4) is 0 Å². The van der Waals surface area contributed by atoms with E-state index in [9.17, 15) is 37.7 Å². The van der Waals surface area contributed by atoms with E-state index in [1.54, 1.807) is 99.6 Å². The Morgan fingerprint density at radius 2 is 0.966 bits per heavy atom. The van der Waals surface area contributed by atoms with Crippen molar-refractivity contribution in [2.45, 2.75) is 287 Å². The Morgan fingerprint density at radius 3 is 1.54 bits per heavy atom. The number of carbonyl (C=O) groups is 4. The predicted octanol–water partition coefficient (Wildman–Crippen LogP) is 13.6. The number of hydrogen-bond acceptors (Lipinski definition) is 27. The smallest absolute Gasteiger partial charge is 0.338 e. The molecule has 6 fully saturated rings. The Hall–Kier alpha value is -7.73. The summed E-state index contributed by atoms with van der Waals surface area (Å²) in [7, 11) is -5.61. The molecule has 0 N–H and O–H groups in total. The van der Waals surface area contributed by atoms with Gasteiger partial charge < -0.3 is 90.1 Å². The number of fused-ring (bicyclic) bond motifs is 1. The number of ketones is 1. The highest BCUT2D eigenvalue weighted by atomic mass is 32.2. The summed E-state index contributed by atoms with van der Waals surface area (Å²) in [5.74, 6) is -1.23. The number of hydrogen-bond donors (Lipinski definition) is 0. The van der Waals surface area contributed by atoms with E-state index in [4.69, 9.17) is 89.4 Å². The van der Waals surface area contributed by atoms with E-state index in [1.807, 2.05) is 45.0 Å². The van der Waals surface area contributed by atoms with Crippen LogP contribution in [0, 0.1) is 10.1 Å². The van der Waals surface area contributed by atoms with Crippen LogP contribution < -0.4 is 9.47 Å². The molecule has 6 aromatic carbocycles. The van der Waals surface area contributed by atoms with Crippen LogP contribution in [0.1, 0.15) is 145 Å². The molecule has 12 rings (SSSR count). The number of nitro groups is 1. The monoisotopic (exact) mass is 1650 g/mol. The molecule has 6 saturated heterocycles. The Balaban J connectivity index is 0.725. The number of carbonyl (C=O) groups excluding carboxylic acids is 4. The van der Waals surface area contributed by atoms with Crippen LogP contribution in [0.4, 0.5) is 5.69 Å². The highest BCUT2D eigenvalue weighted by Gasteiger charge is 2.51. The molecular formula is C86H109NO27SSi. The fourth-order valence-corrected chi connectivity index (χ4v) is 17.0. The molecular weight excluding hydrogens is 1540 g/mol. The Morgan fingerprint density at radius 1 is 0.483 bits per heavy atom. The lowest BCUT2D eigenvalue weighted by Gasteiger charge is -2.46. The summed E-state index contributed by atoms with van der Waals surface area (Å²) in [6.07, 6.45) is -17.0. The summed E-state index contributed by atoms with van der Waals surface area (Å²) in [6, 6.07) is 45.3. The van der Waals surface area contributed by atoms with E-state index in [-0.39, 0.29) is 81.8 Å². The summed E-state index contributed by atoms with van der Waals surface area (Å²) in [6.45, 7) is 20.0. The van der Waals surface area contributed by atoms with E-state index in [0.29, 0.717) is 48.5 Å². The van der Waals surface area contributed by atoms with Crippen LogP contribution in [0.15, 0.2) is 152 Å². The van der Waals surface area contributed by atoms with Gasteiger partial charge in [-0.25, -0.2) is 9.59 Å². The van der Waals surface area contributed by atoms with Gasteiger partial charge in [-0.15, -0.1) is 0 Å². The number of nitro benzene ring substituents is 1. The molecule has 0 radical (unpaired) electrons. The summed E-state index contributed by atoms with van der Waals surface area (Å²) >= 11 is 0. The fraction of sp³-hybridized carbons (Fsp3) is 0.558. The molecule has 6 aromatic rings. The van der Waals surface area contributed by atoms with Crippen molar-refractivity contribution < 1.29 is 122 Å². The molecule has 0 saturated carbocycles. The molecule has 30 heteroatoms. The molecule has 0 unspecified atom stereocenters. The van der Waals surface area contributed by atoms with Gasteiger partial charge in [0.05, 0.1) is 89.8 Å². The van der Waals surface area contributed by atoms with E-state index in [2.05, 4.69) is 43.9 Å². The minimum Gasteiger partial charge on any atom is -0.468 e. The second kappa shape index (κ2) is 40.8. The molecule has 0 aromatic heterocycles. The van der Waals surface area contributed by atoms with Crippen molar-refractivity contribution in [3.63, 3.8) is 0 Å². The average Bonchev–Trinajstić information content (AvgIpc) is 0.797. The SMILES string of the molecule is CC(=O)CCC(=O)O[C@H]1CC[C@H](O[C@@H]2C[C@H](O[C@@H]3C[C@H](O[C@H]4CC[C@H](O[C@@H]5[C@@H](C)O[C@@H](O[C@@H]6C[C@H](Oc7ccc(OCOCC[Si](C)(C)C)cc7)O[C@H](C)[C@H]6OC(=O)c6ccccc6)C[C@H]5OCc5ccc6ccccc6c5)O[C@H]4C)O[C@H](C)[C@H]3OC(=O)c3ccccc3)O[C@H](C)[C@H]2OS(=O)(=O)CCc2ccc([N+](=O)[O-])cc2)O[C@H]1C. The molecule has 6 aliphatic rings. The maximum Gasteiger partial charge on any atom is 0.338 e. The quantitative estimate of drug-likeness (QED) is 0.00521. The first-order valence-corrected chi connectivity index (χ1v) is 45.5. The van der Waals surface area contributed by atoms with Crippen molar-refractivity contribution in [1.29, 1.82) is 0 Å². The molecule has 0 aliphatic carbocycles. The van der Waals surface area contributed by atoms with Crippen molar-refractivity contribution >= 4 is 58.3 Å². The number of nitrogens with zero attached hydrogens (tertiary/aromatic N) is 1. The molecule has 0 bridgehead atoms. The van der Waals surface area contributed by atoms with Gasteiger partial charge in [0.15, 0.2) is 50.5 Å².